The smallest absolute Gasteiger partial charge is 0.338 e. The zero-order chi connectivity index (χ0) is 15.4. The summed E-state index contributed by atoms with van der Waals surface area (Å²) in [6.45, 7) is 3.41. The number of carbonyl (C=O) groups is 1. The van der Waals surface area contributed by atoms with Gasteiger partial charge in [0.2, 0.25) is 0 Å². The fourth-order valence-corrected chi connectivity index (χ4v) is 2.67. The Kier molecular flexibility index (Phi) is 4.98. The van der Waals surface area contributed by atoms with Gasteiger partial charge in [-0.15, -0.1) is 0 Å². The van der Waals surface area contributed by atoms with Crippen molar-refractivity contribution < 1.29 is 14.8 Å². The molecule has 114 valence electrons. The highest BCUT2D eigenvalue weighted by atomic mass is 35.5. The molecule has 0 radical (unpaired) electrons. The van der Waals surface area contributed by atoms with Crippen LogP contribution in [0.2, 0.25) is 5.02 Å². The first-order valence-corrected chi connectivity index (χ1v) is 7.04. The van der Waals surface area contributed by atoms with Crippen LogP contribution in [0.5, 0.6) is 0 Å². The van der Waals surface area contributed by atoms with E-state index in [4.69, 9.17) is 11.6 Å². The second-order valence-electron chi connectivity index (χ2n) is 4.89. The van der Waals surface area contributed by atoms with Crippen LogP contribution in [0.25, 0.3) is 0 Å². The second-order valence-corrected chi connectivity index (χ2v) is 5.30. The molecule has 0 bridgehead atoms. The largest absolute Gasteiger partial charge is 0.478 e. The molecule has 0 amide bonds. The van der Waals surface area contributed by atoms with Crippen LogP contribution in [0.3, 0.4) is 0 Å². The lowest BCUT2D eigenvalue weighted by molar-refractivity contribution is -0.384. The van der Waals surface area contributed by atoms with Gasteiger partial charge in [-0.05, 0) is 25.9 Å². The number of nitrogens with one attached hydrogen (secondary N) is 1. The average molecular weight is 314 g/mol. The first-order chi connectivity index (χ1) is 9.99. The molecule has 1 aromatic rings. The highest BCUT2D eigenvalue weighted by molar-refractivity contribution is 6.34. The Morgan fingerprint density at radius 2 is 2.10 bits per heavy atom. The van der Waals surface area contributed by atoms with E-state index < -0.39 is 10.9 Å². The van der Waals surface area contributed by atoms with Crippen molar-refractivity contribution in [2.24, 2.45) is 0 Å². The van der Waals surface area contributed by atoms with E-state index in [2.05, 4.69) is 10.2 Å². The van der Waals surface area contributed by atoms with Crippen molar-refractivity contribution in [2.45, 2.75) is 12.8 Å². The number of aromatic carboxylic acids is 1. The summed E-state index contributed by atoms with van der Waals surface area (Å²) in [5.41, 5.74) is -0.285. The molecule has 0 spiro atoms. The van der Waals surface area contributed by atoms with Crippen LogP contribution in [0.15, 0.2) is 12.1 Å². The Balaban J connectivity index is 2.13. The third-order valence-electron chi connectivity index (χ3n) is 3.44. The van der Waals surface area contributed by atoms with E-state index in [1.807, 2.05) is 0 Å². The lowest BCUT2D eigenvalue weighted by Gasteiger charge is -2.17. The quantitative estimate of drug-likeness (QED) is 0.618. The average Bonchev–Trinajstić information content (AvgIpc) is 2.92. The Morgan fingerprint density at radius 1 is 1.43 bits per heavy atom. The van der Waals surface area contributed by atoms with Gasteiger partial charge in [0.25, 0.3) is 5.69 Å². The highest BCUT2D eigenvalue weighted by Crippen LogP contribution is 2.31. The van der Waals surface area contributed by atoms with Gasteiger partial charge in [-0.1, -0.05) is 11.6 Å². The van der Waals surface area contributed by atoms with E-state index in [-0.39, 0.29) is 22.0 Å². The number of anilines is 1. The predicted octanol–water partition coefficient (Wildman–Crippen LogP) is 2.45. The fourth-order valence-electron chi connectivity index (χ4n) is 2.39. The molecule has 0 aliphatic carbocycles. The van der Waals surface area contributed by atoms with Crippen molar-refractivity contribution in [1.29, 1.82) is 0 Å². The zero-order valence-electron chi connectivity index (χ0n) is 11.3. The molecule has 7 nitrogen and oxygen atoms in total. The maximum absolute atomic E-state index is 11.2. The van der Waals surface area contributed by atoms with Gasteiger partial charge in [-0.3, -0.25) is 10.1 Å². The fraction of sp³-hybridized carbons (Fsp3) is 0.462. The molecular formula is C13H16ClN3O4. The van der Waals surface area contributed by atoms with E-state index in [1.54, 1.807) is 0 Å². The molecule has 2 rings (SSSR count). The number of non-ortho nitro benzene ring substituents is 1. The van der Waals surface area contributed by atoms with Crippen LogP contribution in [-0.4, -0.2) is 47.1 Å². The molecule has 1 heterocycles. The van der Waals surface area contributed by atoms with Gasteiger partial charge in [0.1, 0.15) is 0 Å². The number of nitro benzene ring substituents is 1. The maximum atomic E-state index is 11.2. The number of nitro groups is 1. The van der Waals surface area contributed by atoms with Gasteiger partial charge >= 0.3 is 5.97 Å². The van der Waals surface area contributed by atoms with Crippen molar-refractivity contribution in [3.8, 4) is 0 Å². The highest BCUT2D eigenvalue weighted by Gasteiger charge is 2.20. The molecule has 0 saturated carbocycles. The Morgan fingerprint density at radius 3 is 2.67 bits per heavy atom. The molecule has 0 unspecified atom stereocenters. The van der Waals surface area contributed by atoms with E-state index in [9.17, 15) is 20.0 Å². The van der Waals surface area contributed by atoms with Gasteiger partial charge in [-0.25, -0.2) is 4.79 Å². The summed E-state index contributed by atoms with van der Waals surface area (Å²) >= 11 is 5.97. The minimum atomic E-state index is -1.25. The molecule has 8 heteroatoms. The lowest BCUT2D eigenvalue weighted by Crippen LogP contribution is -2.26. The minimum Gasteiger partial charge on any atom is -0.478 e. The Bertz CT molecular complexity index is 559. The van der Waals surface area contributed by atoms with Gasteiger partial charge in [0, 0.05) is 25.2 Å². The first kappa shape index (κ1) is 15.5. The van der Waals surface area contributed by atoms with Gasteiger partial charge in [0.05, 0.1) is 21.2 Å². The van der Waals surface area contributed by atoms with E-state index >= 15 is 0 Å². The summed E-state index contributed by atoms with van der Waals surface area (Å²) in [5.74, 6) is -1.25. The van der Waals surface area contributed by atoms with Crippen LogP contribution >= 0.6 is 11.6 Å². The monoisotopic (exact) mass is 313 g/mol. The molecule has 1 saturated heterocycles. The third-order valence-corrected chi connectivity index (χ3v) is 3.74. The topological polar surface area (TPSA) is 95.7 Å². The third kappa shape index (κ3) is 3.83. The van der Waals surface area contributed by atoms with Crippen molar-refractivity contribution in [1.82, 2.24) is 4.90 Å². The number of nitrogens with zero attached hydrogens (tertiary/aromatic N) is 2. The lowest BCUT2D eigenvalue weighted by atomic mass is 10.1. The van der Waals surface area contributed by atoms with Crippen molar-refractivity contribution in [3.63, 3.8) is 0 Å². The first-order valence-electron chi connectivity index (χ1n) is 6.66. The summed E-state index contributed by atoms with van der Waals surface area (Å²) in [4.78, 5) is 23.6. The molecule has 1 aliphatic rings. The van der Waals surface area contributed by atoms with Crippen LogP contribution in [0.4, 0.5) is 11.4 Å². The van der Waals surface area contributed by atoms with Crippen LogP contribution in [-0.2, 0) is 0 Å². The summed E-state index contributed by atoms with van der Waals surface area (Å²) in [7, 11) is 0. The predicted molar refractivity (Wildman–Crippen MR) is 79.2 cm³/mol. The summed E-state index contributed by atoms with van der Waals surface area (Å²) in [6, 6.07) is 2.18. The number of likely N-dealkylation sites (tertiary alicyclic amines) is 1. The number of hydrogen-bond acceptors (Lipinski definition) is 5. The number of carboxylic acid groups (broad SMARTS) is 1. The maximum Gasteiger partial charge on any atom is 0.338 e. The van der Waals surface area contributed by atoms with Crippen LogP contribution in [0, 0.1) is 10.1 Å². The van der Waals surface area contributed by atoms with Gasteiger partial charge in [0.15, 0.2) is 0 Å². The summed E-state index contributed by atoms with van der Waals surface area (Å²) < 4.78 is 0. The van der Waals surface area contributed by atoms with Crippen LogP contribution < -0.4 is 5.32 Å². The van der Waals surface area contributed by atoms with Crippen molar-refractivity contribution in [3.05, 3.63) is 32.8 Å². The van der Waals surface area contributed by atoms with E-state index in [0.29, 0.717) is 6.54 Å². The number of hydrogen-bond donors (Lipinski definition) is 2. The Labute approximate surface area is 126 Å². The molecule has 2 N–H and O–H groups in total. The van der Waals surface area contributed by atoms with Crippen molar-refractivity contribution >= 4 is 28.9 Å². The molecule has 1 aliphatic heterocycles. The zero-order valence-corrected chi connectivity index (χ0v) is 12.1. The number of carboxylic acids is 1. The van der Waals surface area contributed by atoms with Crippen LogP contribution in [0.1, 0.15) is 23.2 Å². The number of halogens is 1. The standard InChI is InChI=1S/C13H16ClN3O4/c14-11-8-9(17(20)21)7-10(13(18)19)12(11)15-3-6-16-4-1-2-5-16/h7-8,15H,1-6H2,(H,18,19). The second kappa shape index (κ2) is 6.73. The van der Waals surface area contributed by atoms with Gasteiger partial charge in [-0.2, -0.15) is 0 Å². The molecule has 0 aromatic heterocycles. The van der Waals surface area contributed by atoms with Gasteiger partial charge < -0.3 is 15.3 Å². The van der Waals surface area contributed by atoms with E-state index in [1.165, 1.54) is 12.8 Å². The Hall–Kier alpha value is -1.86. The molecule has 1 aromatic carbocycles. The SMILES string of the molecule is O=C(O)c1cc([N+](=O)[O-])cc(Cl)c1NCCN1CCCC1. The van der Waals surface area contributed by atoms with E-state index in [0.717, 1.165) is 31.8 Å². The number of rotatable bonds is 6. The molecule has 1 fully saturated rings. The molecular weight excluding hydrogens is 298 g/mol. The van der Waals surface area contributed by atoms with Crippen molar-refractivity contribution in [2.75, 3.05) is 31.5 Å². The normalized spacial score (nSPS) is 15.1. The number of benzene rings is 1. The minimum absolute atomic E-state index is 0.0445. The molecule has 0 atom stereocenters. The summed E-state index contributed by atoms with van der Waals surface area (Å²) in [5, 5.41) is 23.0. The molecule has 21 heavy (non-hydrogen) atoms. The summed E-state index contributed by atoms with van der Waals surface area (Å²) in [6.07, 6.45) is 2.36.